The third-order valence-corrected chi connectivity index (χ3v) is 5.33. The van der Waals surface area contributed by atoms with Crippen molar-refractivity contribution >= 4 is 15.7 Å². The van der Waals surface area contributed by atoms with Gasteiger partial charge in [-0.3, -0.25) is 0 Å². The van der Waals surface area contributed by atoms with Crippen molar-refractivity contribution in [2.75, 3.05) is 19.4 Å². The first-order valence-electron chi connectivity index (χ1n) is 6.40. The molecule has 1 aromatic rings. The van der Waals surface area contributed by atoms with E-state index in [4.69, 9.17) is 10.5 Å². The number of anilines is 1. The van der Waals surface area contributed by atoms with Gasteiger partial charge in [0.25, 0.3) is 0 Å². The molecule has 2 rings (SSSR count). The van der Waals surface area contributed by atoms with Crippen LogP contribution in [0, 0.1) is 12.7 Å². The van der Waals surface area contributed by atoms with Gasteiger partial charge in [-0.2, -0.15) is 0 Å². The number of nitrogens with two attached hydrogens (primary N) is 1. The standard InChI is InChI=1S/C13H19FN2O3S/c1-9-11(14)6-10(7-12(9)15)20(17,18)16-8-13(19-2)4-3-5-13/h6-7,16H,3-5,8,15H2,1-2H3. The van der Waals surface area contributed by atoms with Gasteiger partial charge in [0.15, 0.2) is 0 Å². The van der Waals surface area contributed by atoms with E-state index >= 15 is 0 Å². The topological polar surface area (TPSA) is 81.4 Å². The summed E-state index contributed by atoms with van der Waals surface area (Å²) in [4.78, 5) is -0.163. The highest BCUT2D eigenvalue weighted by Gasteiger charge is 2.38. The number of sulfonamides is 1. The van der Waals surface area contributed by atoms with E-state index in [1.165, 1.54) is 13.0 Å². The first-order valence-corrected chi connectivity index (χ1v) is 7.88. The van der Waals surface area contributed by atoms with Crippen molar-refractivity contribution in [3.8, 4) is 0 Å². The van der Waals surface area contributed by atoms with Crippen LogP contribution in [0.5, 0.6) is 0 Å². The fourth-order valence-corrected chi connectivity index (χ4v) is 3.32. The van der Waals surface area contributed by atoms with E-state index in [1.807, 2.05) is 0 Å². The zero-order valence-electron chi connectivity index (χ0n) is 11.6. The van der Waals surface area contributed by atoms with E-state index in [0.29, 0.717) is 0 Å². The van der Waals surface area contributed by atoms with Crippen LogP contribution in [0.3, 0.4) is 0 Å². The van der Waals surface area contributed by atoms with E-state index < -0.39 is 21.4 Å². The van der Waals surface area contributed by atoms with Gasteiger partial charge in [0, 0.05) is 24.9 Å². The van der Waals surface area contributed by atoms with Crippen LogP contribution in [0.2, 0.25) is 0 Å². The van der Waals surface area contributed by atoms with Crippen molar-refractivity contribution in [1.82, 2.24) is 4.72 Å². The Labute approximate surface area is 118 Å². The number of nitrogen functional groups attached to an aromatic ring is 1. The van der Waals surface area contributed by atoms with Crippen LogP contribution in [0.25, 0.3) is 0 Å². The van der Waals surface area contributed by atoms with Crippen molar-refractivity contribution in [2.45, 2.75) is 36.7 Å². The molecule has 0 amide bonds. The van der Waals surface area contributed by atoms with Gasteiger partial charge in [-0.05, 0) is 38.3 Å². The summed E-state index contributed by atoms with van der Waals surface area (Å²) in [6.07, 6.45) is 2.65. The van der Waals surface area contributed by atoms with Gasteiger partial charge in [0.1, 0.15) is 5.82 Å². The van der Waals surface area contributed by atoms with E-state index in [9.17, 15) is 12.8 Å². The Balaban J connectivity index is 2.18. The number of halogens is 1. The largest absolute Gasteiger partial charge is 0.398 e. The van der Waals surface area contributed by atoms with Crippen LogP contribution in [0.15, 0.2) is 17.0 Å². The maximum absolute atomic E-state index is 13.6. The molecule has 1 aromatic carbocycles. The SMILES string of the molecule is COC1(CNS(=O)(=O)c2cc(N)c(C)c(F)c2)CCC1. The minimum Gasteiger partial charge on any atom is -0.398 e. The molecule has 0 aliphatic heterocycles. The molecule has 5 nitrogen and oxygen atoms in total. The van der Waals surface area contributed by atoms with Gasteiger partial charge >= 0.3 is 0 Å². The van der Waals surface area contributed by atoms with Gasteiger partial charge in [-0.25, -0.2) is 17.5 Å². The van der Waals surface area contributed by atoms with Gasteiger partial charge in [0.2, 0.25) is 10.0 Å². The number of ether oxygens (including phenoxy) is 1. The molecule has 0 aromatic heterocycles. The van der Waals surface area contributed by atoms with Crippen LogP contribution in [0.1, 0.15) is 24.8 Å². The molecule has 0 unspecified atom stereocenters. The van der Waals surface area contributed by atoms with Crippen molar-refractivity contribution in [2.24, 2.45) is 0 Å². The Kier molecular flexibility index (Phi) is 4.04. The summed E-state index contributed by atoms with van der Waals surface area (Å²) in [7, 11) is -2.23. The highest BCUT2D eigenvalue weighted by molar-refractivity contribution is 7.89. The third kappa shape index (κ3) is 2.79. The molecule has 0 saturated heterocycles. The van der Waals surface area contributed by atoms with Gasteiger partial charge in [-0.15, -0.1) is 0 Å². The number of methoxy groups -OCH3 is 1. The van der Waals surface area contributed by atoms with E-state index in [0.717, 1.165) is 25.3 Å². The number of rotatable bonds is 5. The predicted molar refractivity (Wildman–Crippen MR) is 74.3 cm³/mol. The van der Waals surface area contributed by atoms with Crippen molar-refractivity contribution in [3.63, 3.8) is 0 Å². The van der Waals surface area contributed by atoms with Crippen LogP contribution >= 0.6 is 0 Å². The number of nitrogens with one attached hydrogen (secondary N) is 1. The molecule has 1 saturated carbocycles. The molecule has 7 heteroatoms. The van der Waals surface area contributed by atoms with Crippen LogP contribution in [0.4, 0.5) is 10.1 Å². The summed E-state index contributed by atoms with van der Waals surface area (Å²) in [6, 6.07) is 2.25. The zero-order valence-corrected chi connectivity index (χ0v) is 12.4. The molecule has 0 radical (unpaired) electrons. The Hall–Kier alpha value is -1.18. The highest BCUT2D eigenvalue weighted by atomic mass is 32.2. The Morgan fingerprint density at radius 3 is 2.55 bits per heavy atom. The summed E-state index contributed by atoms with van der Waals surface area (Å²) < 4.78 is 45.7. The lowest BCUT2D eigenvalue weighted by molar-refractivity contribution is -0.0659. The van der Waals surface area contributed by atoms with E-state index in [1.54, 1.807) is 7.11 Å². The number of hydrogen-bond acceptors (Lipinski definition) is 4. The molecule has 1 fully saturated rings. The molecule has 20 heavy (non-hydrogen) atoms. The number of benzene rings is 1. The second-order valence-corrected chi connectivity index (χ2v) is 6.95. The molecule has 1 aliphatic carbocycles. The molecule has 0 atom stereocenters. The van der Waals surface area contributed by atoms with Gasteiger partial charge in [0.05, 0.1) is 10.5 Å². The lowest BCUT2D eigenvalue weighted by atomic mass is 9.80. The maximum atomic E-state index is 13.6. The number of hydrogen-bond donors (Lipinski definition) is 2. The van der Waals surface area contributed by atoms with Crippen molar-refractivity contribution < 1.29 is 17.5 Å². The molecule has 0 bridgehead atoms. The minimum atomic E-state index is -3.79. The summed E-state index contributed by atoms with van der Waals surface area (Å²) in [6.45, 7) is 1.68. The predicted octanol–water partition coefficient (Wildman–Crippen LogP) is 1.56. The monoisotopic (exact) mass is 302 g/mol. The summed E-state index contributed by atoms with van der Waals surface area (Å²) in [5.74, 6) is -0.629. The molecule has 1 aliphatic rings. The molecule has 0 spiro atoms. The van der Waals surface area contributed by atoms with E-state index in [-0.39, 0.29) is 22.7 Å². The minimum absolute atomic E-state index is 0.121. The fraction of sp³-hybridized carbons (Fsp3) is 0.538. The third-order valence-electron chi connectivity index (χ3n) is 3.95. The quantitative estimate of drug-likeness (QED) is 0.809. The average Bonchev–Trinajstić information content (AvgIpc) is 2.34. The van der Waals surface area contributed by atoms with Crippen molar-refractivity contribution in [1.29, 1.82) is 0 Å². The smallest absolute Gasteiger partial charge is 0.240 e. The summed E-state index contributed by atoms with van der Waals surface area (Å²) in [5.41, 5.74) is 5.55. The lowest BCUT2D eigenvalue weighted by Crippen LogP contribution is -2.49. The first-order chi connectivity index (χ1) is 9.30. The van der Waals surface area contributed by atoms with Crippen LogP contribution in [-0.2, 0) is 14.8 Å². The normalized spacial score (nSPS) is 17.8. The van der Waals surface area contributed by atoms with E-state index in [2.05, 4.69) is 4.72 Å². The van der Waals surface area contributed by atoms with Crippen LogP contribution in [-0.4, -0.2) is 27.7 Å². The Bertz CT molecular complexity index is 584. The molecule has 0 heterocycles. The van der Waals surface area contributed by atoms with Crippen molar-refractivity contribution in [3.05, 3.63) is 23.5 Å². The van der Waals surface area contributed by atoms with Crippen LogP contribution < -0.4 is 10.5 Å². The van der Waals surface area contributed by atoms with Gasteiger partial charge < -0.3 is 10.5 Å². The summed E-state index contributed by atoms with van der Waals surface area (Å²) >= 11 is 0. The second kappa shape index (κ2) is 5.31. The molecular weight excluding hydrogens is 283 g/mol. The average molecular weight is 302 g/mol. The molecule has 112 valence electrons. The fourth-order valence-electron chi connectivity index (χ4n) is 2.16. The first kappa shape index (κ1) is 15.2. The summed E-state index contributed by atoms with van der Waals surface area (Å²) in [5, 5.41) is 0. The lowest BCUT2D eigenvalue weighted by Gasteiger charge is -2.40. The maximum Gasteiger partial charge on any atom is 0.240 e. The molecule has 3 N–H and O–H groups in total. The molecular formula is C13H19FN2O3S. The zero-order chi connectivity index (χ0) is 15.0. The Morgan fingerprint density at radius 2 is 2.10 bits per heavy atom. The second-order valence-electron chi connectivity index (χ2n) is 5.18. The highest BCUT2D eigenvalue weighted by Crippen LogP contribution is 2.34. The Morgan fingerprint density at radius 1 is 1.45 bits per heavy atom. The van der Waals surface area contributed by atoms with Gasteiger partial charge in [-0.1, -0.05) is 0 Å².